The average molecular weight is 317 g/mol. The van der Waals surface area contributed by atoms with Crippen LogP contribution in [0.25, 0.3) is 22.7 Å². The number of nitrogens with zero attached hydrogens (tertiary/aromatic N) is 4. The predicted octanol–water partition coefficient (Wildman–Crippen LogP) is 3.31. The van der Waals surface area contributed by atoms with E-state index in [4.69, 9.17) is 4.52 Å². The molecule has 24 heavy (non-hydrogen) atoms. The molecule has 3 heterocycles. The first-order chi connectivity index (χ1) is 11.9. The van der Waals surface area contributed by atoms with E-state index in [0.29, 0.717) is 11.7 Å². The highest BCUT2D eigenvalue weighted by Crippen LogP contribution is 2.20. The van der Waals surface area contributed by atoms with E-state index in [0.717, 1.165) is 29.7 Å². The Hall–Kier alpha value is -3.28. The molecule has 0 radical (unpaired) electrons. The van der Waals surface area contributed by atoms with E-state index in [2.05, 4.69) is 37.5 Å². The third-order valence-electron chi connectivity index (χ3n) is 3.75. The summed E-state index contributed by atoms with van der Waals surface area (Å²) in [6, 6.07) is 14.1. The van der Waals surface area contributed by atoms with Crippen molar-refractivity contribution >= 4 is 0 Å². The van der Waals surface area contributed by atoms with Crippen LogP contribution in [0.4, 0.5) is 0 Å². The molecule has 118 valence electrons. The maximum Gasteiger partial charge on any atom is 0.259 e. The lowest BCUT2D eigenvalue weighted by molar-refractivity contribution is 0.422. The number of rotatable bonds is 5. The second kappa shape index (κ2) is 6.45. The minimum atomic E-state index is 0.490. The molecule has 4 aromatic rings. The molecule has 0 spiro atoms. The third kappa shape index (κ3) is 3.08. The summed E-state index contributed by atoms with van der Waals surface area (Å²) in [6.07, 6.45) is 6.90. The van der Waals surface area contributed by atoms with Crippen LogP contribution >= 0.6 is 0 Å². The summed E-state index contributed by atoms with van der Waals surface area (Å²) >= 11 is 0. The van der Waals surface area contributed by atoms with Crippen LogP contribution in [-0.4, -0.2) is 25.3 Å². The lowest BCUT2D eigenvalue weighted by Crippen LogP contribution is -1.93. The Morgan fingerprint density at radius 3 is 2.58 bits per heavy atom. The summed E-state index contributed by atoms with van der Waals surface area (Å²) in [5, 5.41) is 10.7. The zero-order chi connectivity index (χ0) is 16.2. The van der Waals surface area contributed by atoms with Gasteiger partial charge in [0, 0.05) is 24.4 Å². The predicted molar refractivity (Wildman–Crippen MR) is 89.0 cm³/mol. The first kappa shape index (κ1) is 14.3. The van der Waals surface area contributed by atoms with E-state index >= 15 is 0 Å². The van der Waals surface area contributed by atoms with Gasteiger partial charge in [0.1, 0.15) is 0 Å². The first-order valence-electron chi connectivity index (χ1n) is 7.70. The fourth-order valence-electron chi connectivity index (χ4n) is 2.46. The van der Waals surface area contributed by atoms with Crippen LogP contribution < -0.4 is 0 Å². The Kier molecular flexibility index (Phi) is 3.85. The summed E-state index contributed by atoms with van der Waals surface area (Å²) < 4.78 is 5.35. The molecule has 0 fully saturated rings. The van der Waals surface area contributed by atoms with E-state index in [1.165, 1.54) is 5.56 Å². The highest BCUT2D eigenvalue weighted by atomic mass is 16.5. The molecule has 0 aliphatic heterocycles. The summed E-state index contributed by atoms with van der Waals surface area (Å²) in [6.45, 7) is 0. The van der Waals surface area contributed by atoms with Crippen molar-refractivity contribution in [3.63, 3.8) is 0 Å². The number of aromatic amines is 1. The Morgan fingerprint density at radius 2 is 1.83 bits per heavy atom. The molecule has 1 aromatic carbocycles. The summed E-state index contributed by atoms with van der Waals surface area (Å²) in [4.78, 5) is 8.86. The zero-order valence-corrected chi connectivity index (χ0v) is 12.9. The summed E-state index contributed by atoms with van der Waals surface area (Å²) in [5.74, 6) is 1.19. The molecule has 3 aromatic heterocycles. The van der Waals surface area contributed by atoms with Gasteiger partial charge in [-0.1, -0.05) is 35.5 Å². The van der Waals surface area contributed by atoms with Gasteiger partial charge in [0.25, 0.3) is 5.89 Å². The van der Waals surface area contributed by atoms with Crippen molar-refractivity contribution in [2.24, 2.45) is 0 Å². The monoisotopic (exact) mass is 317 g/mol. The largest absolute Gasteiger partial charge is 0.334 e. The topological polar surface area (TPSA) is 80.5 Å². The smallest absolute Gasteiger partial charge is 0.259 e. The van der Waals surface area contributed by atoms with Gasteiger partial charge in [-0.2, -0.15) is 10.1 Å². The van der Waals surface area contributed by atoms with Gasteiger partial charge in [-0.15, -0.1) is 0 Å². The molecule has 1 N–H and O–H groups in total. The van der Waals surface area contributed by atoms with E-state index < -0.39 is 0 Å². The Labute approximate surface area is 138 Å². The molecule has 0 bridgehead atoms. The van der Waals surface area contributed by atoms with Gasteiger partial charge < -0.3 is 4.52 Å². The minimum Gasteiger partial charge on any atom is -0.334 e. The standard InChI is InChI=1S/C18H15N5O/c1-2-4-13(5-3-1)6-9-17-22-18(24-23-17)14-7-8-16(19-10-14)15-11-20-21-12-15/h1-5,7-8,10-12H,6,9H2,(H,20,21). The fraction of sp³-hybridized carbons (Fsp3) is 0.111. The molecule has 0 atom stereocenters. The molecule has 0 aliphatic carbocycles. The van der Waals surface area contributed by atoms with Gasteiger partial charge in [-0.05, 0) is 24.1 Å². The molecule has 0 aliphatic rings. The van der Waals surface area contributed by atoms with Crippen molar-refractivity contribution < 1.29 is 4.52 Å². The SMILES string of the molecule is c1ccc(CCc2noc(-c3ccc(-c4cn[nH]c4)nc3)n2)cc1. The van der Waals surface area contributed by atoms with Crippen molar-refractivity contribution in [1.82, 2.24) is 25.3 Å². The Balaban J connectivity index is 1.46. The van der Waals surface area contributed by atoms with Crippen LogP contribution in [-0.2, 0) is 12.8 Å². The van der Waals surface area contributed by atoms with E-state index in [9.17, 15) is 0 Å². The number of aromatic nitrogens is 5. The summed E-state index contributed by atoms with van der Waals surface area (Å²) in [5.41, 5.74) is 3.85. The maximum absolute atomic E-state index is 5.35. The van der Waals surface area contributed by atoms with Crippen LogP contribution in [0.5, 0.6) is 0 Å². The average Bonchev–Trinajstić information content (AvgIpc) is 3.33. The molecule has 6 heteroatoms. The molecule has 0 saturated carbocycles. The second-order valence-electron chi connectivity index (χ2n) is 5.42. The number of benzene rings is 1. The number of hydrogen-bond donors (Lipinski definition) is 1. The van der Waals surface area contributed by atoms with Crippen molar-refractivity contribution in [2.45, 2.75) is 12.8 Å². The van der Waals surface area contributed by atoms with Gasteiger partial charge >= 0.3 is 0 Å². The lowest BCUT2D eigenvalue weighted by atomic mass is 10.1. The van der Waals surface area contributed by atoms with Crippen molar-refractivity contribution in [3.05, 3.63) is 72.4 Å². The van der Waals surface area contributed by atoms with Crippen LogP contribution in [0, 0.1) is 0 Å². The maximum atomic E-state index is 5.35. The molecule has 0 saturated heterocycles. The van der Waals surface area contributed by atoms with Crippen LogP contribution in [0.15, 0.2) is 65.6 Å². The van der Waals surface area contributed by atoms with Crippen LogP contribution in [0.2, 0.25) is 0 Å². The van der Waals surface area contributed by atoms with Gasteiger partial charge in [0.05, 0.1) is 17.5 Å². The quantitative estimate of drug-likeness (QED) is 0.611. The highest BCUT2D eigenvalue weighted by Gasteiger charge is 2.10. The van der Waals surface area contributed by atoms with Crippen LogP contribution in [0.1, 0.15) is 11.4 Å². The highest BCUT2D eigenvalue weighted by molar-refractivity contribution is 5.61. The number of aryl methyl sites for hydroxylation is 2. The molecular formula is C18H15N5O. The van der Waals surface area contributed by atoms with Crippen molar-refractivity contribution in [3.8, 4) is 22.7 Å². The number of hydrogen-bond acceptors (Lipinski definition) is 5. The molecule has 0 amide bonds. The number of nitrogens with one attached hydrogen (secondary N) is 1. The van der Waals surface area contributed by atoms with Crippen LogP contribution in [0.3, 0.4) is 0 Å². The van der Waals surface area contributed by atoms with Gasteiger partial charge in [0.15, 0.2) is 5.82 Å². The molecule has 4 rings (SSSR count). The van der Waals surface area contributed by atoms with Gasteiger partial charge in [-0.25, -0.2) is 0 Å². The number of H-pyrrole nitrogens is 1. The van der Waals surface area contributed by atoms with E-state index in [1.54, 1.807) is 18.6 Å². The third-order valence-corrected chi connectivity index (χ3v) is 3.75. The Morgan fingerprint density at radius 1 is 0.917 bits per heavy atom. The van der Waals surface area contributed by atoms with Crippen molar-refractivity contribution in [1.29, 1.82) is 0 Å². The van der Waals surface area contributed by atoms with E-state index in [1.807, 2.05) is 30.3 Å². The molecule has 0 unspecified atom stereocenters. The van der Waals surface area contributed by atoms with Crippen molar-refractivity contribution in [2.75, 3.05) is 0 Å². The molecule has 6 nitrogen and oxygen atoms in total. The first-order valence-corrected chi connectivity index (χ1v) is 7.70. The lowest BCUT2D eigenvalue weighted by Gasteiger charge is -1.97. The number of pyridine rings is 1. The van der Waals surface area contributed by atoms with E-state index in [-0.39, 0.29) is 0 Å². The second-order valence-corrected chi connectivity index (χ2v) is 5.42. The zero-order valence-electron chi connectivity index (χ0n) is 12.9. The normalized spacial score (nSPS) is 10.8. The Bertz CT molecular complexity index is 898. The fourth-order valence-corrected chi connectivity index (χ4v) is 2.46. The van der Waals surface area contributed by atoms with Gasteiger partial charge in [0.2, 0.25) is 0 Å². The summed E-state index contributed by atoms with van der Waals surface area (Å²) in [7, 11) is 0. The van der Waals surface area contributed by atoms with Gasteiger partial charge in [-0.3, -0.25) is 10.1 Å². The molecular weight excluding hydrogens is 302 g/mol. The minimum absolute atomic E-state index is 0.490.